The zero-order chi connectivity index (χ0) is 25.0. The largest absolute Gasteiger partial charge is 0.340 e. The molecule has 1 aliphatic heterocycles. The van der Waals surface area contributed by atoms with Crippen molar-refractivity contribution in [1.29, 1.82) is 0 Å². The van der Waals surface area contributed by atoms with Crippen LogP contribution in [0.15, 0.2) is 0 Å². The first-order chi connectivity index (χ1) is 16.7. The molecule has 0 spiro atoms. The molecule has 1 saturated heterocycles. The van der Waals surface area contributed by atoms with Crippen molar-refractivity contribution in [1.82, 2.24) is 15.1 Å². The summed E-state index contributed by atoms with van der Waals surface area (Å²) in [6, 6.07) is 0.666. The van der Waals surface area contributed by atoms with E-state index in [1.165, 1.54) is 44.9 Å². The molecule has 0 aromatic heterocycles. The van der Waals surface area contributed by atoms with Gasteiger partial charge in [-0.3, -0.25) is 9.59 Å². The Hall–Kier alpha value is -0.940. The van der Waals surface area contributed by atoms with Crippen LogP contribution >= 0.6 is 0 Å². The summed E-state index contributed by atoms with van der Waals surface area (Å²) in [6.45, 7) is 10.9. The average Bonchev–Trinajstić information content (AvgIpc) is 3.21. The van der Waals surface area contributed by atoms with Gasteiger partial charge in [0.05, 0.1) is 0 Å². The van der Waals surface area contributed by atoms with Crippen LogP contribution < -0.4 is 5.32 Å². The SMILES string of the molecule is CN[C@H]1CC[C@@]2(C)[C@H](CC[C@@H]3[C@@H]2CC(=O)[C@]2(C)[C@@H]([C@H](C)CCC(=O)N4CCN(C)CC4)CC[C@@H]32)C1. The van der Waals surface area contributed by atoms with E-state index < -0.39 is 0 Å². The van der Waals surface area contributed by atoms with Crippen LogP contribution in [-0.4, -0.2) is 67.8 Å². The highest BCUT2D eigenvalue weighted by Crippen LogP contribution is 2.67. The molecule has 5 fully saturated rings. The zero-order valence-corrected chi connectivity index (χ0v) is 23.2. The standard InChI is InChI=1S/C30H51N3O2/c1-20(6-11-28(35)33-16-14-32(5)15-17-33)24-9-10-25-23-8-7-21-18-22(31-4)12-13-29(21,2)26(23)19-27(34)30(24,25)3/h20-26,31H,6-19H2,1-5H3/t20-,21-,22+,23+,24-,25+,26+,29+,30-/m1/s1. The molecule has 0 aromatic carbocycles. The number of nitrogens with one attached hydrogen (secondary N) is 1. The number of rotatable bonds is 5. The third kappa shape index (κ3) is 4.31. The van der Waals surface area contributed by atoms with Crippen LogP contribution in [0.25, 0.3) is 0 Å². The van der Waals surface area contributed by atoms with Gasteiger partial charge in [-0.2, -0.15) is 0 Å². The first-order valence-electron chi connectivity index (χ1n) is 14.8. The predicted octanol–water partition coefficient (Wildman–Crippen LogP) is 4.60. The van der Waals surface area contributed by atoms with Crippen LogP contribution in [0.2, 0.25) is 0 Å². The quantitative estimate of drug-likeness (QED) is 0.618. The first kappa shape index (κ1) is 25.7. The van der Waals surface area contributed by atoms with Gasteiger partial charge in [0.2, 0.25) is 5.91 Å². The van der Waals surface area contributed by atoms with Gasteiger partial charge < -0.3 is 15.1 Å². The molecule has 5 heteroatoms. The molecular formula is C30H51N3O2. The second kappa shape index (κ2) is 9.74. The summed E-state index contributed by atoms with van der Waals surface area (Å²) < 4.78 is 0. The van der Waals surface area contributed by atoms with Gasteiger partial charge >= 0.3 is 0 Å². The maximum Gasteiger partial charge on any atom is 0.222 e. The summed E-state index contributed by atoms with van der Waals surface area (Å²) in [7, 11) is 4.25. The number of carbonyl (C=O) groups excluding carboxylic acids is 2. The normalized spacial score (nSPS) is 44.9. The van der Waals surface area contributed by atoms with Crippen molar-refractivity contribution in [3.63, 3.8) is 0 Å². The Morgan fingerprint density at radius 3 is 2.51 bits per heavy atom. The van der Waals surface area contributed by atoms with Crippen molar-refractivity contribution in [3.8, 4) is 0 Å². The molecule has 5 rings (SSSR count). The maximum atomic E-state index is 14.0. The van der Waals surface area contributed by atoms with E-state index in [-0.39, 0.29) is 5.41 Å². The van der Waals surface area contributed by atoms with Gasteiger partial charge in [-0.25, -0.2) is 0 Å². The summed E-state index contributed by atoms with van der Waals surface area (Å²) in [5, 5.41) is 3.54. The number of hydrogen-bond acceptors (Lipinski definition) is 4. The van der Waals surface area contributed by atoms with Gasteiger partial charge in [0, 0.05) is 50.5 Å². The van der Waals surface area contributed by atoms with Crippen molar-refractivity contribution in [2.45, 2.75) is 91.0 Å². The molecule has 4 saturated carbocycles. The highest BCUT2D eigenvalue weighted by atomic mass is 16.2. The lowest BCUT2D eigenvalue weighted by molar-refractivity contribution is -0.158. The lowest BCUT2D eigenvalue weighted by atomic mass is 9.44. The number of likely N-dealkylation sites (N-methyl/N-ethyl adjacent to an activating group) is 1. The topological polar surface area (TPSA) is 52.7 Å². The Labute approximate surface area is 214 Å². The van der Waals surface area contributed by atoms with E-state index in [1.807, 2.05) is 0 Å². The summed E-state index contributed by atoms with van der Waals surface area (Å²) >= 11 is 0. The molecule has 5 aliphatic rings. The monoisotopic (exact) mass is 485 g/mol. The Kier molecular flexibility index (Phi) is 7.15. The number of amides is 1. The summed E-state index contributed by atoms with van der Waals surface area (Å²) in [6.07, 6.45) is 11.4. The van der Waals surface area contributed by atoms with Gasteiger partial charge in [-0.05, 0) is 106 Å². The number of nitrogens with zero attached hydrogens (tertiary/aromatic N) is 2. The van der Waals surface area contributed by atoms with Gasteiger partial charge in [-0.15, -0.1) is 0 Å². The molecule has 0 bridgehead atoms. The van der Waals surface area contributed by atoms with Crippen molar-refractivity contribution in [2.24, 2.45) is 46.3 Å². The van der Waals surface area contributed by atoms with Crippen LogP contribution in [0.4, 0.5) is 0 Å². The molecule has 35 heavy (non-hydrogen) atoms. The minimum absolute atomic E-state index is 0.164. The fourth-order valence-electron chi connectivity index (χ4n) is 9.94. The van der Waals surface area contributed by atoms with E-state index in [4.69, 9.17) is 0 Å². The van der Waals surface area contributed by atoms with Crippen molar-refractivity contribution in [2.75, 3.05) is 40.3 Å². The Morgan fingerprint density at radius 2 is 1.80 bits per heavy atom. The van der Waals surface area contributed by atoms with Gasteiger partial charge in [0.25, 0.3) is 0 Å². The second-order valence-electron chi connectivity index (χ2n) is 13.7. The summed E-state index contributed by atoms with van der Waals surface area (Å²) in [4.78, 5) is 31.3. The molecular weight excluding hydrogens is 434 g/mol. The Morgan fingerprint density at radius 1 is 1.06 bits per heavy atom. The Balaban J connectivity index is 1.25. The van der Waals surface area contributed by atoms with Crippen LogP contribution in [0, 0.1) is 46.3 Å². The molecule has 198 valence electrons. The number of ketones is 1. The van der Waals surface area contributed by atoms with Crippen molar-refractivity contribution < 1.29 is 9.59 Å². The fourth-order valence-corrected chi connectivity index (χ4v) is 9.94. The van der Waals surface area contributed by atoms with Crippen molar-refractivity contribution >= 4 is 11.7 Å². The number of carbonyl (C=O) groups is 2. The molecule has 9 atom stereocenters. The molecule has 1 heterocycles. The minimum atomic E-state index is -0.164. The number of Topliss-reactive ketones (excluding diaryl/α,β-unsaturated/α-hetero) is 1. The highest BCUT2D eigenvalue weighted by molar-refractivity contribution is 5.87. The number of piperazine rings is 1. The zero-order valence-electron chi connectivity index (χ0n) is 23.2. The summed E-state index contributed by atoms with van der Waals surface area (Å²) in [5.41, 5.74) is 0.189. The number of fused-ring (bicyclic) bond motifs is 5. The van der Waals surface area contributed by atoms with Crippen LogP contribution in [0.5, 0.6) is 0 Å². The van der Waals surface area contributed by atoms with E-state index in [0.29, 0.717) is 53.2 Å². The van der Waals surface area contributed by atoms with E-state index >= 15 is 0 Å². The average molecular weight is 486 g/mol. The Bertz CT molecular complexity index is 807. The molecule has 1 amide bonds. The van der Waals surface area contributed by atoms with Gasteiger partial charge in [0.1, 0.15) is 5.78 Å². The van der Waals surface area contributed by atoms with E-state index in [9.17, 15) is 9.59 Å². The lowest BCUT2D eigenvalue weighted by Crippen LogP contribution is -2.58. The second-order valence-corrected chi connectivity index (χ2v) is 13.7. The molecule has 5 nitrogen and oxygen atoms in total. The highest BCUT2D eigenvalue weighted by Gasteiger charge is 2.63. The smallest absolute Gasteiger partial charge is 0.222 e. The van der Waals surface area contributed by atoms with Crippen molar-refractivity contribution in [3.05, 3.63) is 0 Å². The third-order valence-electron chi connectivity index (χ3n) is 12.4. The van der Waals surface area contributed by atoms with E-state index in [1.54, 1.807) is 0 Å². The molecule has 0 radical (unpaired) electrons. The minimum Gasteiger partial charge on any atom is -0.340 e. The maximum absolute atomic E-state index is 14.0. The first-order valence-corrected chi connectivity index (χ1v) is 14.8. The van der Waals surface area contributed by atoms with E-state index in [2.05, 4.69) is 50.0 Å². The predicted molar refractivity (Wildman–Crippen MR) is 141 cm³/mol. The van der Waals surface area contributed by atoms with Crippen LogP contribution in [-0.2, 0) is 9.59 Å². The van der Waals surface area contributed by atoms with Crippen LogP contribution in [0.1, 0.15) is 85.0 Å². The molecule has 0 unspecified atom stereocenters. The van der Waals surface area contributed by atoms with Crippen LogP contribution in [0.3, 0.4) is 0 Å². The molecule has 1 N–H and O–H groups in total. The molecule has 0 aromatic rings. The fraction of sp³-hybridized carbons (Fsp3) is 0.933. The number of hydrogen-bond donors (Lipinski definition) is 1. The summed E-state index contributed by atoms with van der Waals surface area (Å²) in [5.74, 6) is 4.46. The third-order valence-corrected chi connectivity index (χ3v) is 12.4. The lowest BCUT2D eigenvalue weighted by Gasteiger charge is -2.60. The molecule has 4 aliphatic carbocycles. The van der Waals surface area contributed by atoms with Gasteiger partial charge in [0.15, 0.2) is 0 Å². The van der Waals surface area contributed by atoms with E-state index in [0.717, 1.165) is 50.9 Å². The van der Waals surface area contributed by atoms with Gasteiger partial charge in [-0.1, -0.05) is 20.8 Å².